The predicted octanol–water partition coefficient (Wildman–Crippen LogP) is 6.06. The first-order chi connectivity index (χ1) is 17.6. The van der Waals surface area contributed by atoms with E-state index in [1.165, 1.54) is 28.7 Å². The lowest BCUT2D eigenvalue weighted by Crippen LogP contribution is -2.41. The zero-order chi connectivity index (χ0) is 25.5. The molecule has 184 valence electrons. The number of amides is 2. The van der Waals surface area contributed by atoms with E-state index in [2.05, 4.69) is 17.9 Å². The Balaban J connectivity index is 1.80. The van der Waals surface area contributed by atoms with Gasteiger partial charge in [0, 0.05) is 35.6 Å². The monoisotopic (exact) mass is 498 g/mol. The maximum Gasteiger partial charge on any atom is 0.271 e. The Bertz CT molecular complexity index is 1270. The van der Waals surface area contributed by atoms with Gasteiger partial charge in [0.25, 0.3) is 11.8 Å². The van der Waals surface area contributed by atoms with E-state index in [4.69, 9.17) is 0 Å². The Morgan fingerprint density at radius 3 is 2.39 bits per heavy atom. The van der Waals surface area contributed by atoms with Crippen LogP contribution in [-0.2, 0) is 9.59 Å². The molecule has 0 spiro atoms. The van der Waals surface area contributed by atoms with E-state index in [1.54, 1.807) is 6.08 Å². The normalized spacial score (nSPS) is 17.2. The number of hydrogen-bond acceptors (Lipinski definition) is 6. The molecule has 0 bridgehead atoms. The van der Waals surface area contributed by atoms with Crippen LogP contribution in [-0.4, -0.2) is 36.3 Å². The Hall–Kier alpha value is -3.68. The number of hydrogen-bond donors (Lipinski definition) is 0. The molecule has 4 rings (SSSR count). The molecule has 0 aliphatic carbocycles. The molecule has 2 aromatic rings. The molecule has 2 aliphatic rings. The van der Waals surface area contributed by atoms with Crippen molar-refractivity contribution < 1.29 is 9.59 Å². The average Bonchev–Trinajstić information content (AvgIpc) is 3.29. The van der Waals surface area contributed by atoms with E-state index in [0.717, 1.165) is 66.2 Å². The predicted molar refractivity (Wildman–Crippen MR) is 143 cm³/mol. The Morgan fingerprint density at radius 2 is 1.72 bits per heavy atom. The van der Waals surface area contributed by atoms with Crippen molar-refractivity contribution in [1.29, 1.82) is 10.5 Å². The van der Waals surface area contributed by atoms with E-state index in [0.29, 0.717) is 24.1 Å². The summed E-state index contributed by atoms with van der Waals surface area (Å²) in [6.45, 7) is 4.20. The molecule has 3 heterocycles. The number of unbranched alkanes of at least 4 members (excludes halogenated alkanes) is 3. The van der Waals surface area contributed by atoms with Crippen LogP contribution in [0.1, 0.15) is 62.3 Å². The summed E-state index contributed by atoms with van der Waals surface area (Å²) in [5.74, 6) is -0.918. The van der Waals surface area contributed by atoms with E-state index >= 15 is 0 Å². The number of anilines is 1. The van der Waals surface area contributed by atoms with Gasteiger partial charge in [0.05, 0.1) is 5.56 Å². The van der Waals surface area contributed by atoms with Gasteiger partial charge in [-0.1, -0.05) is 56.5 Å². The topological polar surface area (TPSA) is 88.2 Å². The molecule has 1 aromatic heterocycles. The molecule has 6 nitrogen and oxygen atoms in total. The molecule has 1 fully saturated rings. The zero-order valence-electron chi connectivity index (χ0n) is 20.6. The summed E-state index contributed by atoms with van der Waals surface area (Å²) in [6, 6.07) is 14.1. The first-order valence-electron chi connectivity index (χ1n) is 12.7. The fraction of sp³-hybridized carbons (Fsp3) is 0.379. The lowest BCUT2D eigenvalue weighted by molar-refractivity contribution is -0.140. The van der Waals surface area contributed by atoms with Crippen molar-refractivity contribution in [3.05, 3.63) is 58.0 Å². The van der Waals surface area contributed by atoms with Crippen molar-refractivity contribution in [1.82, 2.24) is 4.90 Å². The van der Waals surface area contributed by atoms with Gasteiger partial charge in [0.1, 0.15) is 22.7 Å². The first kappa shape index (κ1) is 25.4. The van der Waals surface area contributed by atoms with Gasteiger partial charge >= 0.3 is 0 Å². The lowest BCUT2D eigenvalue weighted by Gasteiger charge is -2.27. The third-order valence-electron chi connectivity index (χ3n) is 6.64. The highest BCUT2D eigenvalue weighted by Crippen LogP contribution is 2.44. The number of carbonyl (C=O) groups excluding carboxylic acids is 2. The highest BCUT2D eigenvalue weighted by Gasteiger charge is 2.32. The van der Waals surface area contributed by atoms with Gasteiger partial charge in [-0.3, -0.25) is 14.5 Å². The van der Waals surface area contributed by atoms with Gasteiger partial charge in [-0.05, 0) is 43.4 Å². The molecule has 1 aromatic carbocycles. The van der Waals surface area contributed by atoms with Crippen molar-refractivity contribution in [2.24, 2.45) is 0 Å². The summed E-state index contributed by atoms with van der Waals surface area (Å²) in [7, 11) is 0. The van der Waals surface area contributed by atoms with Gasteiger partial charge in [0.2, 0.25) is 0 Å². The third-order valence-corrected chi connectivity index (χ3v) is 7.84. The zero-order valence-corrected chi connectivity index (χ0v) is 21.4. The Kier molecular flexibility index (Phi) is 8.36. The number of carbonyl (C=O) groups is 2. The van der Waals surface area contributed by atoms with Crippen LogP contribution in [0.4, 0.5) is 5.00 Å². The quantitative estimate of drug-likeness (QED) is 0.251. The molecule has 0 N–H and O–H groups in total. The first-order valence-corrected chi connectivity index (χ1v) is 13.5. The van der Waals surface area contributed by atoms with Crippen LogP contribution in [0, 0.1) is 22.7 Å². The molecule has 0 unspecified atom stereocenters. The van der Waals surface area contributed by atoms with Crippen LogP contribution in [0.3, 0.4) is 0 Å². The maximum absolute atomic E-state index is 13.4. The van der Waals surface area contributed by atoms with E-state index < -0.39 is 5.91 Å². The van der Waals surface area contributed by atoms with Gasteiger partial charge < -0.3 is 4.90 Å². The summed E-state index contributed by atoms with van der Waals surface area (Å²) in [5.41, 5.74) is 2.57. The number of imide groups is 1. The van der Waals surface area contributed by atoms with Crippen LogP contribution in [0.5, 0.6) is 0 Å². The molecule has 0 atom stereocenters. The fourth-order valence-corrected chi connectivity index (χ4v) is 6.03. The van der Waals surface area contributed by atoms with Crippen LogP contribution in [0.2, 0.25) is 0 Å². The number of rotatable bonds is 8. The largest absolute Gasteiger partial charge is 0.362 e. The van der Waals surface area contributed by atoms with Gasteiger partial charge in [-0.15, -0.1) is 11.3 Å². The smallest absolute Gasteiger partial charge is 0.271 e. The summed E-state index contributed by atoms with van der Waals surface area (Å²) in [5, 5.41) is 20.7. The minimum Gasteiger partial charge on any atom is -0.362 e. The molecule has 36 heavy (non-hydrogen) atoms. The van der Waals surface area contributed by atoms with Crippen molar-refractivity contribution >= 4 is 34.2 Å². The van der Waals surface area contributed by atoms with Gasteiger partial charge in [-0.2, -0.15) is 10.5 Å². The van der Waals surface area contributed by atoms with Crippen LogP contribution in [0.25, 0.3) is 17.2 Å². The van der Waals surface area contributed by atoms with E-state index in [9.17, 15) is 20.1 Å². The van der Waals surface area contributed by atoms with Gasteiger partial charge in [0.15, 0.2) is 0 Å². The third kappa shape index (κ3) is 5.27. The average molecular weight is 499 g/mol. The molecular weight excluding hydrogens is 468 g/mol. The molecule has 2 amide bonds. The van der Waals surface area contributed by atoms with Crippen molar-refractivity contribution in [3.63, 3.8) is 0 Å². The number of piperidine rings is 1. The lowest BCUT2D eigenvalue weighted by atomic mass is 9.98. The SMILES string of the molecule is CCCCCCN1C(=O)C(C#N)=CC(=Cc2sc(N3CCCCC3)c(C#N)c2-c2ccccc2)C1=O. The summed E-state index contributed by atoms with van der Waals surface area (Å²) in [6.07, 6.45) is 10.2. The molecule has 1 saturated heterocycles. The minimum absolute atomic E-state index is 0.0362. The molecule has 0 radical (unpaired) electrons. The van der Waals surface area contributed by atoms with Crippen molar-refractivity contribution in [3.8, 4) is 23.3 Å². The highest BCUT2D eigenvalue weighted by atomic mass is 32.1. The Labute approximate surface area is 216 Å². The molecule has 2 aliphatic heterocycles. The second kappa shape index (κ2) is 11.8. The second-order valence-corrected chi connectivity index (χ2v) is 10.2. The molecule has 0 saturated carbocycles. The maximum atomic E-state index is 13.4. The number of nitrogens with zero attached hydrogens (tertiary/aromatic N) is 4. The highest BCUT2D eigenvalue weighted by molar-refractivity contribution is 7.17. The van der Waals surface area contributed by atoms with Crippen molar-refractivity contribution in [2.75, 3.05) is 24.5 Å². The number of benzene rings is 1. The second-order valence-electron chi connectivity index (χ2n) is 9.14. The van der Waals surface area contributed by atoms with E-state index in [1.807, 2.05) is 36.4 Å². The summed E-state index contributed by atoms with van der Waals surface area (Å²) in [4.78, 5) is 30.4. The number of nitriles is 2. The van der Waals surface area contributed by atoms with Crippen LogP contribution in [0.15, 0.2) is 47.6 Å². The summed E-state index contributed by atoms with van der Waals surface area (Å²) >= 11 is 1.50. The van der Waals surface area contributed by atoms with E-state index in [-0.39, 0.29) is 11.5 Å². The van der Waals surface area contributed by atoms with Crippen LogP contribution >= 0.6 is 11.3 Å². The van der Waals surface area contributed by atoms with Crippen molar-refractivity contribution in [2.45, 2.75) is 51.9 Å². The Morgan fingerprint density at radius 1 is 0.972 bits per heavy atom. The van der Waals surface area contributed by atoms with Gasteiger partial charge in [-0.25, -0.2) is 0 Å². The minimum atomic E-state index is -0.530. The fourth-order valence-electron chi connectivity index (χ4n) is 4.75. The standard InChI is InChI=1S/C29H30N4O2S/c1-2-3-4-11-16-33-27(34)22(17-23(19-30)28(33)35)18-25-26(21-12-7-5-8-13-21)24(20-31)29(36-25)32-14-9-6-10-15-32/h5,7-8,12-13,17-18H,2-4,6,9-11,14-16H2,1H3. The number of thiophene rings is 1. The van der Waals surface area contributed by atoms with Crippen LogP contribution < -0.4 is 4.90 Å². The molecule has 7 heteroatoms. The molecular formula is C29H30N4O2S. The summed E-state index contributed by atoms with van der Waals surface area (Å²) < 4.78 is 0.